The van der Waals surface area contributed by atoms with Gasteiger partial charge in [0, 0.05) is 45.9 Å². The van der Waals surface area contributed by atoms with Crippen LogP contribution in [0.4, 0.5) is 0 Å². The first-order valence-electron chi connectivity index (χ1n) is 20.6. The van der Waals surface area contributed by atoms with Crippen LogP contribution in [0.25, 0.3) is 21.8 Å². The van der Waals surface area contributed by atoms with Crippen molar-refractivity contribution in [1.29, 1.82) is 0 Å². The van der Waals surface area contributed by atoms with E-state index >= 15 is 0 Å². The third-order valence-electron chi connectivity index (χ3n) is 10.7. The number of hydrogen-bond donors (Lipinski definition) is 4. The molecule has 67 heavy (non-hydrogen) atoms. The number of amides is 2. The lowest BCUT2D eigenvalue weighted by Gasteiger charge is -2.23. The minimum absolute atomic E-state index is 0.0635. The van der Waals surface area contributed by atoms with Gasteiger partial charge in [0.25, 0.3) is 11.8 Å². The number of fused-ring (bicyclic) bond motifs is 4. The number of aromatic hydroxyl groups is 2. The predicted molar refractivity (Wildman–Crippen MR) is 251 cm³/mol. The third-order valence-corrected chi connectivity index (χ3v) is 11.6. The molecule has 10 rings (SSSR count). The lowest BCUT2D eigenvalue weighted by Crippen LogP contribution is -2.33. The summed E-state index contributed by atoms with van der Waals surface area (Å²) in [5.74, 6) is 2.26. The molecule has 8 aromatic rings. The average Bonchev–Trinajstić information content (AvgIpc) is 4.03. The third kappa shape index (κ3) is 9.82. The number of hydrogen-bond acceptors (Lipinski definition) is 12. The lowest BCUT2D eigenvalue weighted by molar-refractivity contribution is -0.124. The van der Waals surface area contributed by atoms with Crippen LogP contribution in [-0.4, -0.2) is 58.8 Å². The summed E-state index contributed by atoms with van der Waals surface area (Å²) >= 11 is 19.6. The van der Waals surface area contributed by atoms with Crippen LogP contribution in [-0.2, 0) is 9.59 Å². The highest BCUT2D eigenvalue weighted by molar-refractivity contribution is 6.36. The van der Waals surface area contributed by atoms with Crippen LogP contribution in [0.3, 0.4) is 0 Å². The van der Waals surface area contributed by atoms with Crippen LogP contribution in [0.2, 0.25) is 15.1 Å². The zero-order valence-corrected chi connectivity index (χ0v) is 37.2. The molecule has 0 aliphatic carbocycles. The maximum atomic E-state index is 12.9. The van der Waals surface area contributed by atoms with E-state index in [2.05, 4.69) is 20.6 Å². The van der Waals surface area contributed by atoms with Crippen molar-refractivity contribution >= 4 is 68.4 Å². The molecule has 0 saturated heterocycles. The van der Waals surface area contributed by atoms with Crippen molar-refractivity contribution in [2.24, 2.45) is 0 Å². The monoisotopic (exact) mass is 958 g/mol. The molecule has 6 aromatic carbocycles. The molecule has 17 heteroatoms. The van der Waals surface area contributed by atoms with E-state index in [1.807, 2.05) is 36.4 Å². The Morgan fingerprint density at radius 2 is 1.01 bits per heavy atom. The summed E-state index contributed by atoms with van der Waals surface area (Å²) in [7, 11) is 0. The van der Waals surface area contributed by atoms with E-state index in [-0.39, 0.29) is 44.2 Å². The van der Waals surface area contributed by atoms with Crippen molar-refractivity contribution in [1.82, 2.24) is 20.6 Å². The fourth-order valence-corrected chi connectivity index (χ4v) is 8.30. The number of pyridine rings is 2. The summed E-state index contributed by atoms with van der Waals surface area (Å²) < 4.78 is 32.9. The molecular weight excluding hydrogens is 923 g/mol. The Kier molecular flexibility index (Phi) is 13.2. The fourth-order valence-electron chi connectivity index (χ4n) is 7.50. The fraction of sp³-hybridized carbons (Fsp3) is 0.120. The van der Waals surface area contributed by atoms with Gasteiger partial charge in [0.15, 0.2) is 36.2 Å². The zero-order chi connectivity index (χ0) is 46.4. The first kappa shape index (κ1) is 44.5. The summed E-state index contributed by atoms with van der Waals surface area (Å²) in [5.41, 5.74) is 2.54. The van der Waals surface area contributed by atoms with Crippen LogP contribution in [0.1, 0.15) is 34.3 Å². The smallest absolute Gasteiger partial charge is 0.258 e. The minimum Gasteiger partial charge on any atom is -0.505 e. The highest BCUT2D eigenvalue weighted by Gasteiger charge is 2.29. The summed E-state index contributed by atoms with van der Waals surface area (Å²) in [6, 6.07) is 35.2. The topological polar surface area (TPSA) is 180 Å². The van der Waals surface area contributed by atoms with Gasteiger partial charge in [-0.1, -0.05) is 77.3 Å². The number of rotatable bonds is 12. The highest BCUT2D eigenvalue weighted by atomic mass is 35.5. The number of phenols is 2. The van der Waals surface area contributed by atoms with Crippen LogP contribution in [0.5, 0.6) is 46.0 Å². The number of ether oxygens (including phenoxy) is 6. The minimum atomic E-state index is -0.877. The van der Waals surface area contributed by atoms with Gasteiger partial charge in [-0.05, 0) is 84.4 Å². The summed E-state index contributed by atoms with van der Waals surface area (Å²) in [6.07, 6.45) is 3.13. The predicted octanol–water partition coefficient (Wildman–Crippen LogP) is 9.87. The van der Waals surface area contributed by atoms with E-state index in [4.69, 9.17) is 63.2 Å². The Balaban J connectivity index is 0.000000168. The molecule has 2 amide bonds. The molecule has 4 N–H and O–H groups in total. The van der Waals surface area contributed by atoms with E-state index in [1.165, 1.54) is 0 Å². The maximum Gasteiger partial charge on any atom is 0.258 e. The quantitative estimate of drug-likeness (QED) is 0.0912. The Morgan fingerprint density at radius 1 is 0.537 bits per heavy atom. The van der Waals surface area contributed by atoms with Gasteiger partial charge >= 0.3 is 0 Å². The number of para-hydroxylation sites is 2. The van der Waals surface area contributed by atoms with Crippen LogP contribution in [0, 0.1) is 0 Å². The Bertz CT molecular complexity index is 3130. The molecule has 2 aromatic heterocycles. The van der Waals surface area contributed by atoms with E-state index < -0.39 is 18.0 Å². The number of aromatic nitrogens is 2. The van der Waals surface area contributed by atoms with E-state index in [9.17, 15) is 19.8 Å². The molecule has 2 aliphatic heterocycles. The number of benzene rings is 6. The first-order valence-corrected chi connectivity index (χ1v) is 21.7. The van der Waals surface area contributed by atoms with Crippen molar-refractivity contribution in [2.75, 3.05) is 26.8 Å². The Morgan fingerprint density at radius 3 is 1.57 bits per heavy atom. The zero-order valence-electron chi connectivity index (χ0n) is 35.0. The molecule has 0 bridgehead atoms. The van der Waals surface area contributed by atoms with Crippen molar-refractivity contribution in [3.05, 3.63) is 177 Å². The Hall–Kier alpha value is -7.65. The molecule has 0 radical (unpaired) electrons. The largest absolute Gasteiger partial charge is 0.505 e. The van der Waals surface area contributed by atoms with Gasteiger partial charge in [0.1, 0.15) is 34.0 Å². The second kappa shape index (κ2) is 19.8. The molecule has 0 fully saturated rings. The molecule has 338 valence electrons. The molecule has 4 heterocycles. The second-order valence-corrected chi connectivity index (χ2v) is 16.2. The SMILES string of the molecule is O=C(COc1ccccc1)NC(c1cc2c(cc1Cl)OCO2)c1cc(Cl)c2cccnc2c1O.O=C(COc1ccccc1)NC(c1ccc2c(c1)OCO2)c1cc(Cl)c2cccnc2c1O. The molecule has 0 spiro atoms. The van der Waals surface area contributed by atoms with Gasteiger partial charge in [-0.15, -0.1) is 0 Å². The first-order chi connectivity index (χ1) is 32.6. The van der Waals surface area contributed by atoms with Gasteiger partial charge < -0.3 is 49.3 Å². The lowest BCUT2D eigenvalue weighted by atomic mass is 9.95. The van der Waals surface area contributed by atoms with Gasteiger partial charge in [-0.2, -0.15) is 0 Å². The molecule has 2 aliphatic rings. The van der Waals surface area contributed by atoms with E-state index in [0.717, 1.165) is 0 Å². The van der Waals surface area contributed by atoms with E-state index in [1.54, 1.807) is 103 Å². The van der Waals surface area contributed by atoms with Gasteiger partial charge in [-0.25, -0.2) is 0 Å². The number of carbonyl (C=O) groups excluding carboxylic acids is 2. The van der Waals surface area contributed by atoms with Crippen LogP contribution < -0.4 is 39.1 Å². The van der Waals surface area contributed by atoms with Crippen LogP contribution in [0.15, 0.2) is 140 Å². The van der Waals surface area contributed by atoms with Crippen molar-refractivity contribution in [3.63, 3.8) is 0 Å². The van der Waals surface area contributed by atoms with Gasteiger partial charge in [0.2, 0.25) is 13.6 Å². The number of nitrogens with zero attached hydrogens (tertiary/aromatic N) is 2. The van der Waals surface area contributed by atoms with Gasteiger partial charge in [0.05, 0.1) is 27.2 Å². The number of halogens is 3. The molecular formula is C50H37Cl3N4O10. The van der Waals surface area contributed by atoms with Gasteiger partial charge in [-0.3, -0.25) is 19.6 Å². The summed E-state index contributed by atoms with van der Waals surface area (Å²) in [4.78, 5) is 34.3. The van der Waals surface area contributed by atoms with Crippen molar-refractivity contribution in [2.45, 2.75) is 12.1 Å². The Labute approximate surface area is 397 Å². The summed E-state index contributed by atoms with van der Waals surface area (Å²) in [5, 5.41) is 30.3. The normalized spacial score (nSPS) is 13.0. The van der Waals surface area contributed by atoms with Crippen LogP contribution >= 0.6 is 34.8 Å². The highest BCUT2D eigenvalue weighted by Crippen LogP contribution is 2.45. The molecule has 0 saturated carbocycles. The molecule has 2 unspecified atom stereocenters. The number of phenolic OH excluding ortho intramolecular Hbond substituents is 2. The second-order valence-electron chi connectivity index (χ2n) is 14.9. The number of nitrogens with one attached hydrogen (secondary N) is 2. The molecule has 14 nitrogen and oxygen atoms in total. The molecule has 2 atom stereocenters. The van der Waals surface area contributed by atoms with E-state index in [0.29, 0.717) is 93.6 Å². The van der Waals surface area contributed by atoms with Crippen molar-refractivity contribution < 1.29 is 48.2 Å². The van der Waals surface area contributed by atoms with Crippen molar-refractivity contribution in [3.8, 4) is 46.0 Å². The number of carbonyl (C=O) groups is 2. The standard InChI is InChI=1S/C25H18Cl2N2O5.C25H19ClN2O5/c26-18-9-17(25(31)24-15(18)7-4-8-28-24)23(16-10-20-21(11-19(16)27)34-13-33-20)29-22(30)12-32-14-5-2-1-3-6-14;26-19-12-18(25(30)24-17(19)7-4-10-27-24)23(15-8-9-20-21(11-15)33-14-32-20)28-22(29)13-31-16-5-2-1-3-6-16/h1-11,23,31H,12-13H2,(H,29,30);1-12,23,30H,13-14H2,(H,28,29). The summed E-state index contributed by atoms with van der Waals surface area (Å²) in [6.45, 7) is -0.264. The average molecular weight is 960 g/mol. The maximum absolute atomic E-state index is 12.9.